The van der Waals surface area contributed by atoms with Gasteiger partial charge in [0.1, 0.15) is 11.8 Å². The number of fused-ring (bicyclic) bond motifs is 1. The number of aromatic nitrogens is 4. The lowest BCUT2D eigenvalue weighted by molar-refractivity contribution is 0.926. The topological polar surface area (TPSA) is 43.6 Å². The van der Waals surface area contributed by atoms with E-state index in [1.807, 2.05) is 29.8 Å². The first-order valence-corrected chi connectivity index (χ1v) is 6.10. The number of allylic oxidation sites excluding steroid dienone is 1. The summed E-state index contributed by atoms with van der Waals surface area (Å²) in [5.74, 6) is 0. The number of rotatable bonds is 3. The first-order valence-electron chi connectivity index (χ1n) is 6.10. The molecule has 0 radical (unpaired) electrons. The molecule has 4 nitrogen and oxygen atoms in total. The van der Waals surface area contributed by atoms with Crippen LogP contribution in [0.2, 0.25) is 0 Å². The maximum Gasteiger partial charge on any atom is 0.163 e. The molecule has 0 saturated carbocycles. The van der Waals surface area contributed by atoms with Crippen molar-refractivity contribution in [1.29, 1.82) is 0 Å². The minimum absolute atomic E-state index is 0.681. The fourth-order valence-electron chi connectivity index (χ4n) is 2.10. The van der Waals surface area contributed by atoms with Gasteiger partial charge >= 0.3 is 0 Å². The third-order valence-corrected chi connectivity index (χ3v) is 3.14. The Labute approximate surface area is 111 Å². The van der Waals surface area contributed by atoms with Crippen molar-refractivity contribution in [3.8, 4) is 0 Å². The van der Waals surface area contributed by atoms with Crippen molar-refractivity contribution in [3.05, 3.63) is 60.8 Å². The number of hydrogen-bond donors (Lipinski definition) is 0. The second-order valence-corrected chi connectivity index (χ2v) is 4.49. The van der Waals surface area contributed by atoms with E-state index in [-0.39, 0.29) is 0 Å². The van der Waals surface area contributed by atoms with E-state index >= 15 is 0 Å². The van der Waals surface area contributed by atoms with Gasteiger partial charge in [0.15, 0.2) is 5.65 Å². The molecule has 3 aromatic rings. The van der Waals surface area contributed by atoms with Gasteiger partial charge in [-0.25, -0.2) is 15.0 Å². The van der Waals surface area contributed by atoms with Gasteiger partial charge < -0.3 is 4.57 Å². The number of benzene rings is 1. The van der Waals surface area contributed by atoms with Crippen molar-refractivity contribution in [2.24, 2.45) is 7.05 Å². The van der Waals surface area contributed by atoms with Crippen molar-refractivity contribution in [2.75, 3.05) is 0 Å². The molecule has 0 aliphatic rings. The zero-order valence-electron chi connectivity index (χ0n) is 10.7. The molecular weight excluding hydrogens is 236 g/mol. The van der Waals surface area contributed by atoms with Crippen LogP contribution in [0.3, 0.4) is 0 Å². The largest absolute Gasteiger partial charge is 0.318 e. The van der Waals surface area contributed by atoms with Crippen LogP contribution >= 0.6 is 0 Å². The third kappa shape index (κ3) is 2.12. The van der Waals surface area contributed by atoms with Crippen molar-refractivity contribution >= 4 is 16.7 Å². The summed E-state index contributed by atoms with van der Waals surface area (Å²) in [5, 5.41) is 0. The lowest BCUT2D eigenvalue weighted by Crippen LogP contribution is -1.97. The Morgan fingerprint density at radius 2 is 1.95 bits per heavy atom. The van der Waals surface area contributed by atoms with Gasteiger partial charge in [0.2, 0.25) is 0 Å². The molecule has 0 aliphatic carbocycles. The Hall–Kier alpha value is -2.49. The standard InChI is InChI=1S/C15H14N4/c1-11(12-6-4-3-5-7-12)8-13-14-15(17-9-16-13)19(2)10-18-14/h3-7,9-10H,1,8H2,2H3. The molecule has 0 N–H and O–H groups in total. The second-order valence-electron chi connectivity index (χ2n) is 4.49. The average Bonchev–Trinajstić information content (AvgIpc) is 2.83. The zero-order chi connectivity index (χ0) is 13.2. The fraction of sp³-hybridized carbons (Fsp3) is 0.133. The molecule has 0 spiro atoms. The highest BCUT2D eigenvalue weighted by atomic mass is 15.1. The molecule has 1 aromatic carbocycles. The molecule has 2 heterocycles. The molecular formula is C15H14N4. The van der Waals surface area contributed by atoms with Crippen LogP contribution in [0.25, 0.3) is 16.7 Å². The van der Waals surface area contributed by atoms with Gasteiger partial charge in [0.25, 0.3) is 0 Å². The normalized spacial score (nSPS) is 10.8. The van der Waals surface area contributed by atoms with E-state index in [2.05, 4.69) is 33.7 Å². The Bertz CT molecular complexity index is 728. The first-order chi connectivity index (χ1) is 9.25. The van der Waals surface area contributed by atoms with Crippen LogP contribution in [-0.4, -0.2) is 19.5 Å². The molecule has 2 aromatic heterocycles. The van der Waals surface area contributed by atoms with Gasteiger partial charge in [0, 0.05) is 13.5 Å². The summed E-state index contributed by atoms with van der Waals surface area (Å²) in [6, 6.07) is 10.1. The minimum Gasteiger partial charge on any atom is -0.318 e. The molecule has 0 saturated heterocycles. The van der Waals surface area contributed by atoms with Gasteiger partial charge in [-0.2, -0.15) is 0 Å². The summed E-state index contributed by atoms with van der Waals surface area (Å²) >= 11 is 0. The summed E-state index contributed by atoms with van der Waals surface area (Å²) in [4.78, 5) is 12.9. The number of nitrogens with zero attached hydrogens (tertiary/aromatic N) is 4. The van der Waals surface area contributed by atoms with Gasteiger partial charge in [0.05, 0.1) is 12.0 Å². The van der Waals surface area contributed by atoms with E-state index in [1.54, 1.807) is 12.7 Å². The maximum absolute atomic E-state index is 4.36. The highest BCUT2D eigenvalue weighted by molar-refractivity contribution is 5.76. The van der Waals surface area contributed by atoms with Crippen molar-refractivity contribution < 1.29 is 0 Å². The predicted molar refractivity (Wildman–Crippen MR) is 75.5 cm³/mol. The summed E-state index contributed by atoms with van der Waals surface area (Å²) in [6.45, 7) is 4.14. The van der Waals surface area contributed by atoms with Crippen LogP contribution in [0.5, 0.6) is 0 Å². The molecule has 0 aliphatic heterocycles. The maximum atomic E-state index is 4.36. The van der Waals surface area contributed by atoms with E-state index in [1.165, 1.54) is 0 Å². The Morgan fingerprint density at radius 1 is 1.16 bits per heavy atom. The molecule has 0 unspecified atom stereocenters. The first kappa shape index (κ1) is 11.6. The summed E-state index contributed by atoms with van der Waals surface area (Å²) in [7, 11) is 1.93. The summed E-state index contributed by atoms with van der Waals surface area (Å²) < 4.78 is 1.89. The summed E-state index contributed by atoms with van der Waals surface area (Å²) in [5.41, 5.74) is 4.78. The van der Waals surface area contributed by atoms with E-state index in [9.17, 15) is 0 Å². The predicted octanol–water partition coefficient (Wildman–Crippen LogP) is 2.62. The van der Waals surface area contributed by atoms with E-state index < -0.39 is 0 Å². The van der Waals surface area contributed by atoms with Crippen LogP contribution in [0.15, 0.2) is 49.6 Å². The highest BCUT2D eigenvalue weighted by Gasteiger charge is 2.10. The van der Waals surface area contributed by atoms with E-state index in [0.29, 0.717) is 6.42 Å². The van der Waals surface area contributed by atoms with Crippen LogP contribution in [0.4, 0.5) is 0 Å². The highest BCUT2D eigenvalue weighted by Crippen LogP contribution is 2.20. The van der Waals surface area contributed by atoms with Gasteiger partial charge in [-0.15, -0.1) is 0 Å². The molecule has 19 heavy (non-hydrogen) atoms. The van der Waals surface area contributed by atoms with Gasteiger partial charge in [-0.3, -0.25) is 0 Å². The molecule has 0 bridgehead atoms. The lowest BCUT2D eigenvalue weighted by atomic mass is 10.0. The Kier molecular flexibility index (Phi) is 2.83. The van der Waals surface area contributed by atoms with Gasteiger partial charge in [-0.05, 0) is 11.1 Å². The SMILES string of the molecule is C=C(Cc1ncnc2c1ncn2C)c1ccccc1. The summed E-state index contributed by atoms with van der Waals surface area (Å²) in [6.07, 6.45) is 4.02. The zero-order valence-corrected chi connectivity index (χ0v) is 10.7. The van der Waals surface area contributed by atoms with E-state index in [4.69, 9.17) is 0 Å². The second kappa shape index (κ2) is 4.65. The molecule has 4 heteroatoms. The van der Waals surface area contributed by atoms with Crippen molar-refractivity contribution in [3.63, 3.8) is 0 Å². The minimum atomic E-state index is 0.681. The van der Waals surface area contributed by atoms with E-state index in [0.717, 1.165) is 28.0 Å². The van der Waals surface area contributed by atoms with Gasteiger partial charge in [-0.1, -0.05) is 36.9 Å². The smallest absolute Gasteiger partial charge is 0.163 e. The molecule has 0 amide bonds. The van der Waals surface area contributed by atoms with Crippen LogP contribution in [-0.2, 0) is 13.5 Å². The van der Waals surface area contributed by atoms with Crippen molar-refractivity contribution in [2.45, 2.75) is 6.42 Å². The Morgan fingerprint density at radius 3 is 2.74 bits per heavy atom. The number of aryl methyl sites for hydroxylation is 1. The number of imidazole rings is 1. The monoisotopic (exact) mass is 250 g/mol. The molecule has 0 atom stereocenters. The van der Waals surface area contributed by atoms with Crippen molar-refractivity contribution in [1.82, 2.24) is 19.5 Å². The average molecular weight is 250 g/mol. The Balaban J connectivity index is 1.96. The lowest BCUT2D eigenvalue weighted by Gasteiger charge is -2.05. The molecule has 0 fully saturated rings. The number of hydrogen-bond acceptors (Lipinski definition) is 3. The quantitative estimate of drug-likeness (QED) is 0.717. The third-order valence-electron chi connectivity index (χ3n) is 3.14. The van der Waals surface area contributed by atoms with Crippen LogP contribution < -0.4 is 0 Å². The van der Waals surface area contributed by atoms with Crippen LogP contribution in [0, 0.1) is 0 Å². The molecule has 3 rings (SSSR count). The molecule has 94 valence electrons. The van der Waals surface area contributed by atoms with Crippen LogP contribution in [0.1, 0.15) is 11.3 Å². The fourth-order valence-corrected chi connectivity index (χ4v) is 2.10.